The average molecular weight is 254 g/mol. The van der Waals surface area contributed by atoms with Crippen molar-refractivity contribution in [3.8, 4) is 17.2 Å². The summed E-state index contributed by atoms with van der Waals surface area (Å²) < 4.78 is 15.5. The van der Waals surface area contributed by atoms with Gasteiger partial charge >= 0.3 is 0 Å². The topological polar surface area (TPSA) is 82.8 Å². The van der Waals surface area contributed by atoms with Gasteiger partial charge in [-0.1, -0.05) is 0 Å². The Hall–Kier alpha value is -1.95. The van der Waals surface area contributed by atoms with E-state index >= 15 is 0 Å². The normalized spacial score (nSPS) is 11.6. The van der Waals surface area contributed by atoms with Crippen molar-refractivity contribution >= 4 is 11.6 Å². The summed E-state index contributed by atoms with van der Waals surface area (Å²) in [6.07, 6.45) is 0. The minimum atomic E-state index is -0.609. The van der Waals surface area contributed by atoms with Gasteiger partial charge in [0.1, 0.15) is 5.75 Å². The zero-order valence-corrected chi connectivity index (χ0v) is 10.9. The lowest BCUT2D eigenvalue weighted by atomic mass is 10.2. The average Bonchev–Trinajstić information content (AvgIpc) is 2.37. The first-order valence-corrected chi connectivity index (χ1v) is 5.40. The summed E-state index contributed by atoms with van der Waals surface area (Å²) in [7, 11) is 4.54. The molecular formula is C12H18N2O4. The molecule has 0 radical (unpaired) electrons. The molecule has 0 bridgehead atoms. The molecule has 18 heavy (non-hydrogen) atoms. The van der Waals surface area contributed by atoms with Gasteiger partial charge in [0, 0.05) is 12.1 Å². The van der Waals surface area contributed by atoms with E-state index in [0.29, 0.717) is 22.9 Å². The molecule has 6 nitrogen and oxygen atoms in total. The van der Waals surface area contributed by atoms with Crippen LogP contribution in [0.25, 0.3) is 0 Å². The molecule has 1 rings (SSSR count). The van der Waals surface area contributed by atoms with E-state index in [0.717, 1.165) is 0 Å². The van der Waals surface area contributed by atoms with Gasteiger partial charge in [0.05, 0.1) is 33.1 Å². The molecule has 1 atom stereocenters. The number of methoxy groups -OCH3 is 3. The SMILES string of the molecule is COc1cc(OC)c(OC)cc1NC(=O)[C@H](C)N. The van der Waals surface area contributed by atoms with Gasteiger partial charge in [-0.2, -0.15) is 0 Å². The minimum Gasteiger partial charge on any atom is -0.494 e. The molecule has 3 N–H and O–H groups in total. The number of carbonyl (C=O) groups excluding carboxylic acids is 1. The van der Waals surface area contributed by atoms with E-state index in [4.69, 9.17) is 19.9 Å². The molecule has 0 aromatic heterocycles. The lowest BCUT2D eigenvalue weighted by Gasteiger charge is -2.15. The van der Waals surface area contributed by atoms with Gasteiger partial charge in [-0.15, -0.1) is 0 Å². The number of anilines is 1. The Labute approximate surface area is 106 Å². The number of hydrogen-bond acceptors (Lipinski definition) is 5. The van der Waals surface area contributed by atoms with Crippen molar-refractivity contribution in [1.29, 1.82) is 0 Å². The van der Waals surface area contributed by atoms with Crippen LogP contribution in [0.15, 0.2) is 12.1 Å². The number of rotatable bonds is 5. The fraction of sp³-hybridized carbons (Fsp3) is 0.417. The quantitative estimate of drug-likeness (QED) is 0.819. The fourth-order valence-corrected chi connectivity index (χ4v) is 1.37. The summed E-state index contributed by atoms with van der Waals surface area (Å²) in [6, 6.07) is 2.65. The van der Waals surface area contributed by atoms with Crippen LogP contribution in [0, 0.1) is 0 Å². The van der Waals surface area contributed by atoms with E-state index in [2.05, 4.69) is 5.32 Å². The fourth-order valence-electron chi connectivity index (χ4n) is 1.37. The third-order valence-corrected chi connectivity index (χ3v) is 2.38. The Morgan fingerprint density at radius 1 is 1.11 bits per heavy atom. The Morgan fingerprint density at radius 2 is 1.61 bits per heavy atom. The molecule has 0 heterocycles. The van der Waals surface area contributed by atoms with Gasteiger partial charge in [-0.3, -0.25) is 4.79 Å². The van der Waals surface area contributed by atoms with Crippen molar-refractivity contribution in [3.05, 3.63) is 12.1 Å². The molecular weight excluding hydrogens is 236 g/mol. The second kappa shape index (κ2) is 6.11. The highest BCUT2D eigenvalue weighted by Gasteiger charge is 2.15. The maximum absolute atomic E-state index is 11.6. The number of ether oxygens (including phenoxy) is 3. The summed E-state index contributed by atoms with van der Waals surface area (Å²) in [5.74, 6) is 1.19. The maximum atomic E-state index is 11.6. The van der Waals surface area contributed by atoms with Crippen LogP contribution in [0.1, 0.15) is 6.92 Å². The second-order valence-electron chi connectivity index (χ2n) is 3.69. The Balaban J connectivity index is 3.13. The van der Waals surface area contributed by atoms with E-state index < -0.39 is 6.04 Å². The molecule has 0 saturated carbocycles. The van der Waals surface area contributed by atoms with Crippen molar-refractivity contribution in [2.45, 2.75) is 13.0 Å². The number of hydrogen-bond donors (Lipinski definition) is 2. The molecule has 1 amide bonds. The van der Waals surface area contributed by atoms with Gasteiger partial charge < -0.3 is 25.3 Å². The third kappa shape index (κ3) is 3.04. The molecule has 0 unspecified atom stereocenters. The summed E-state index contributed by atoms with van der Waals surface area (Å²) in [5.41, 5.74) is 5.98. The highest BCUT2D eigenvalue weighted by atomic mass is 16.5. The predicted molar refractivity (Wildman–Crippen MR) is 68.4 cm³/mol. The molecule has 0 aliphatic heterocycles. The Morgan fingerprint density at radius 3 is 2.06 bits per heavy atom. The van der Waals surface area contributed by atoms with Crippen molar-refractivity contribution in [3.63, 3.8) is 0 Å². The predicted octanol–water partition coefficient (Wildman–Crippen LogP) is 0.998. The van der Waals surface area contributed by atoms with Gasteiger partial charge in [0.2, 0.25) is 5.91 Å². The summed E-state index contributed by atoms with van der Waals surface area (Å²) in [5, 5.41) is 2.66. The molecule has 1 aromatic carbocycles. The van der Waals surface area contributed by atoms with Crippen LogP contribution in [0.2, 0.25) is 0 Å². The highest BCUT2D eigenvalue weighted by molar-refractivity contribution is 5.96. The number of amides is 1. The smallest absolute Gasteiger partial charge is 0.241 e. The van der Waals surface area contributed by atoms with E-state index in [1.165, 1.54) is 21.3 Å². The summed E-state index contributed by atoms with van der Waals surface area (Å²) in [6.45, 7) is 1.60. The van der Waals surface area contributed by atoms with Gasteiger partial charge in [-0.05, 0) is 6.92 Å². The number of carbonyl (C=O) groups is 1. The van der Waals surface area contributed by atoms with Crippen LogP contribution in [0.5, 0.6) is 17.2 Å². The Kier molecular flexibility index (Phi) is 4.79. The first-order chi connectivity index (χ1) is 8.53. The van der Waals surface area contributed by atoms with Crippen molar-refractivity contribution < 1.29 is 19.0 Å². The van der Waals surface area contributed by atoms with E-state index in [9.17, 15) is 4.79 Å². The first kappa shape index (κ1) is 14.1. The van der Waals surface area contributed by atoms with Crippen LogP contribution in [0.4, 0.5) is 5.69 Å². The van der Waals surface area contributed by atoms with Gasteiger partial charge in [0.15, 0.2) is 11.5 Å². The first-order valence-electron chi connectivity index (χ1n) is 5.40. The molecule has 6 heteroatoms. The summed E-state index contributed by atoms with van der Waals surface area (Å²) in [4.78, 5) is 11.6. The largest absolute Gasteiger partial charge is 0.494 e. The van der Waals surface area contributed by atoms with Crippen molar-refractivity contribution in [2.75, 3.05) is 26.6 Å². The number of nitrogens with two attached hydrogens (primary N) is 1. The van der Waals surface area contributed by atoms with E-state index in [1.807, 2.05) is 0 Å². The monoisotopic (exact) mass is 254 g/mol. The molecule has 0 fully saturated rings. The number of nitrogens with one attached hydrogen (secondary N) is 1. The Bertz CT molecular complexity index is 432. The van der Waals surface area contributed by atoms with Crippen LogP contribution in [-0.4, -0.2) is 33.3 Å². The van der Waals surface area contributed by atoms with E-state index in [-0.39, 0.29) is 5.91 Å². The molecule has 0 aliphatic carbocycles. The standard InChI is InChI=1S/C12H18N2O4/c1-7(13)12(15)14-8-5-10(17-3)11(18-4)6-9(8)16-2/h5-7H,13H2,1-4H3,(H,14,15)/t7-/m0/s1. The lowest BCUT2D eigenvalue weighted by molar-refractivity contribution is -0.117. The van der Waals surface area contributed by atoms with Gasteiger partial charge in [0.25, 0.3) is 0 Å². The molecule has 1 aromatic rings. The molecule has 0 aliphatic rings. The van der Waals surface area contributed by atoms with Gasteiger partial charge in [-0.25, -0.2) is 0 Å². The lowest BCUT2D eigenvalue weighted by Crippen LogP contribution is -2.32. The third-order valence-electron chi connectivity index (χ3n) is 2.38. The van der Waals surface area contributed by atoms with Crippen molar-refractivity contribution in [1.82, 2.24) is 0 Å². The van der Waals surface area contributed by atoms with Crippen LogP contribution >= 0.6 is 0 Å². The maximum Gasteiger partial charge on any atom is 0.241 e. The zero-order valence-electron chi connectivity index (χ0n) is 10.9. The van der Waals surface area contributed by atoms with Crippen molar-refractivity contribution in [2.24, 2.45) is 5.73 Å². The molecule has 0 saturated heterocycles. The summed E-state index contributed by atoms with van der Waals surface area (Å²) >= 11 is 0. The zero-order chi connectivity index (χ0) is 13.7. The van der Waals surface area contributed by atoms with Crippen LogP contribution in [-0.2, 0) is 4.79 Å². The van der Waals surface area contributed by atoms with Crippen LogP contribution < -0.4 is 25.3 Å². The molecule has 0 spiro atoms. The van der Waals surface area contributed by atoms with Crippen LogP contribution in [0.3, 0.4) is 0 Å². The second-order valence-corrected chi connectivity index (χ2v) is 3.69. The molecule has 100 valence electrons. The highest BCUT2D eigenvalue weighted by Crippen LogP contribution is 2.37. The number of benzene rings is 1. The van der Waals surface area contributed by atoms with E-state index in [1.54, 1.807) is 19.1 Å². The minimum absolute atomic E-state index is 0.305.